The predicted octanol–water partition coefficient (Wildman–Crippen LogP) is 2.72. The van der Waals surface area contributed by atoms with Crippen LogP contribution in [-0.2, 0) is 9.59 Å². The van der Waals surface area contributed by atoms with E-state index in [9.17, 15) is 9.59 Å². The van der Waals surface area contributed by atoms with Crippen LogP contribution in [0.25, 0.3) is 0 Å². The fourth-order valence-electron chi connectivity index (χ4n) is 3.49. The van der Waals surface area contributed by atoms with E-state index < -0.39 is 5.97 Å². The number of amides is 1. The average molecular weight is 267 g/mol. The number of hydrogen-bond donors (Lipinski definition) is 2. The Morgan fingerprint density at radius 2 is 1.84 bits per heavy atom. The van der Waals surface area contributed by atoms with Crippen molar-refractivity contribution in [1.29, 1.82) is 0 Å². The van der Waals surface area contributed by atoms with Crippen LogP contribution >= 0.6 is 0 Å². The first-order chi connectivity index (χ1) is 9.15. The quantitative estimate of drug-likeness (QED) is 0.777. The first-order valence-corrected chi connectivity index (χ1v) is 7.67. The lowest BCUT2D eigenvalue weighted by Gasteiger charge is -2.13. The Hall–Kier alpha value is -1.06. The van der Waals surface area contributed by atoms with Gasteiger partial charge in [-0.15, -0.1) is 0 Å². The van der Waals surface area contributed by atoms with Gasteiger partial charge in [0, 0.05) is 12.5 Å². The Kier molecular flexibility index (Phi) is 5.23. The van der Waals surface area contributed by atoms with Crippen LogP contribution in [0, 0.1) is 11.8 Å². The largest absolute Gasteiger partial charge is 0.481 e. The Labute approximate surface area is 115 Å². The van der Waals surface area contributed by atoms with E-state index >= 15 is 0 Å². The third kappa shape index (κ3) is 4.51. The van der Waals surface area contributed by atoms with Crippen LogP contribution in [0.1, 0.15) is 64.2 Å². The van der Waals surface area contributed by atoms with Crippen LogP contribution in [0.15, 0.2) is 0 Å². The Morgan fingerprint density at radius 1 is 1.11 bits per heavy atom. The summed E-state index contributed by atoms with van der Waals surface area (Å²) in [5.74, 6) is -0.0357. The van der Waals surface area contributed by atoms with E-state index in [0.717, 1.165) is 18.8 Å². The SMILES string of the molecule is O=C(CCCC1CCCC1)N[C@@H]1CC[C@H](C(=O)O)C1. The molecule has 0 spiro atoms. The summed E-state index contributed by atoms with van der Waals surface area (Å²) in [4.78, 5) is 22.6. The minimum Gasteiger partial charge on any atom is -0.481 e. The van der Waals surface area contributed by atoms with Crippen LogP contribution in [0.4, 0.5) is 0 Å². The predicted molar refractivity (Wildman–Crippen MR) is 72.7 cm³/mol. The number of carbonyl (C=O) groups is 2. The van der Waals surface area contributed by atoms with Gasteiger partial charge in [0.15, 0.2) is 0 Å². The lowest BCUT2D eigenvalue weighted by Crippen LogP contribution is -2.33. The minimum absolute atomic E-state index is 0.0834. The van der Waals surface area contributed by atoms with E-state index in [1.807, 2.05) is 0 Å². The summed E-state index contributed by atoms with van der Waals surface area (Å²) in [5, 5.41) is 11.9. The maximum atomic E-state index is 11.8. The van der Waals surface area contributed by atoms with Crippen LogP contribution in [0.5, 0.6) is 0 Å². The standard InChI is InChI=1S/C15H25NO3/c17-14(7-3-6-11-4-1-2-5-11)16-13-9-8-12(10-13)15(18)19/h11-13H,1-10H2,(H,16,17)(H,18,19)/t12-,13+/m0/s1. The Bertz CT molecular complexity index is 323. The molecule has 2 saturated carbocycles. The highest BCUT2D eigenvalue weighted by atomic mass is 16.4. The molecular formula is C15H25NO3. The zero-order valence-corrected chi connectivity index (χ0v) is 11.6. The minimum atomic E-state index is -0.724. The van der Waals surface area contributed by atoms with Gasteiger partial charge in [0.1, 0.15) is 0 Å². The smallest absolute Gasteiger partial charge is 0.306 e. The van der Waals surface area contributed by atoms with Crippen molar-refractivity contribution in [3.05, 3.63) is 0 Å². The molecule has 0 unspecified atom stereocenters. The molecule has 4 heteroatoms. The van der Waals surface area contributed by atoms with Gasteiger partial charge >= 0.3 is 5.97 Å². The third-order valence-electron chi connectivity index (χ3n) is 4.64. The lowest BCUT2D eigenvalue weighted by atomic mass is 10.0. The van der Waals surface area contributed by atoms with Crippen LogP contribution < -0.4 is 5.32 Å². The first kappa shape index (κ1) is 14.4. The molecule has 0 saturated heterocycles. The second kappa shape index (κ2) is 6.92. The molecule has 4 nitrogen and oxygen atoms in total. The lowest BCUT2D eigenvalue weighted by molar-refractivity contribution is -0.141. The topological polar surface area (TPSA) is 66.4 Å². The molecule has 2 fully saturated rings. The van der Waals surface area contributed by atoms with Crippen molar-refractivity contribution < 1.29 is 14.7 Å². The number of hydrogen-bond acceptors (Lipinski definition) is 2. The fourth-order valence-corrected chi connectivity index (χ4v) is 3.49. The second-order valence-corrected chi connectivity index (χ2v) is 6.16. The highest BCUT2D eigenvalue weighted by molar-refractivity contribution is 5.76. The molecule has 0 bridgehead atoms. The fraction of sp³-hybridized carbons (Fsp3) is 0.867. The van der Waals surface area contributed by atoms with Gasteiger partial charge in [-0.05, 0) is 38.0 Å². The molecule has 1 amide bonds. The molecule has 0 aromatic heterocycles. The molecule has 0 aromatic rings. The van der Waals surface area contributed by atoms with Crippen LogP contribution in [0.2, 0.25) is 0 Å². The summed E-state index contributed by atoms with van der Waals surface area (Å²) in [6.07, 6.45) is 10.3. The number of carboxylic acids is 1. The summed E-state index contributed by atoms with van der Waals surface area (Å²) in [6, 6.07) is 0.0834. The van der Waals surface area contributed by atoms with Gasteiger partial charge in [0.05, 0.1) is 5.92 Å². The van der Waals surface area contributed by atoms with E-state index in [1.54, 1.807) is 0 Å². The van der Waals surface area contributed by atoms with Crippen molar-refractivity contribution in [2.24, 2.45) is 11.8 Å². The normalized spacial score (nSPS) is 27.6. The Morgan fingerprint density at radius 3 is 2.47 bits per heavy atom. The van der Waals surface area contributed by atoms with Crippen molar-refractivity contribution in [1.82, 2.24) is 5.32 Å². The highest BCUT2D eigenvalue weighted by Gasteiger charge is 2.30. The van der Waals surface area contributed by atoms with Gasteiger partial charge in [-0.3, -0.25) is 9.59 Å². The zero-order chi connectivity index (χ0) is 13.7. The molecule has 2 rings (SSSR count). The molecule has 2 N–H and O–H groups in total. The van der Waals surface area contributed by atoms with Crippen molar-refractivity contribution >= 4 is 11.9 Å². The van der Waals surface area contributed by atoms with Gasteiger partial charge in [0.25, 0.3) is 0 Å². The van der Waals surface area contributed by atoms with E-state index in [1.165, 1.54) is 32.1 Å². The van der Waals surface area contributed by atoms with Gasteiger partial charge in [-0.1, -0.05) is 25.7 Å². The van der Waals surface area contributed by atoms with Crippen molar-refractivity contribution in [3.8, 4) is 0 Å². The molecular weight excluding hydrogens is 242 g/mol. The molecule has 0 aliphatic heterocycles. The molecule has 0 aromatic carbocycles. The van der Waals surface area contributed by atoms with Crippen molar-refractivity contribution in [3.63, 3.8) is 0 Å². The van der Waals surface area contributed by atoms with Crippen LogP contribution in [0.3, 0.4) is 0 Å². The van der Waals surface area contributed by atoms with Gasteiger partial charge in [0.2, 0.25) is 5.91 Å². The van der Waals surface area contributed by atoms with Crippen molar-refractivity contribution in [2.75, 3.05) is 0 Å². The number of nitrogens with one attached hydrogen (secondary N) is 1. The second-order valence-electron chi connectivity index (χ2n) is 6.16. The Balaban J connectivity index is 1.58. The average Bonchev–Trinajstić information content (AvgIpc) is 3.00. The van der Waals surface area contributed by atoms with Gasteiger partial charge in [-0.2, -0.15) is 0 Å². The molecule has 2 aliphatic rings. The summed E-state index contributed by atoms with van der Waals surface area (Å²) in [7, 11) is 0. The van der Waals surface area contributed by atoms with Gasteiger partial charge in [-0.25, -0.2) is 0 Å². The molecule has 0 radical (unpaired) electrons. The number of carboxylic acid groups (broad SMARTS) is 1. The zero-order valence-electron chi connectivity index (χ0n) is 11.6. The molecule has 2 atom stereocenters. The van der Waals surface area contributed by atoms with Crippen LogP contribution in [-0.4, -0.2) is 23.0 Å². The van der Waals surface area contributed by atoms with Crippen molar-refractivity contribution in [2.45, 2.75) is 70.3 Å². The summed E-state index contributed by atoms with van der Waals surface area (Å²) >= 11 is 0. The number of carbonyl (C=O) groups excluding carboxylic acids is 1. The number of rotatable bonds is 6. The maximum Gasteiger partial charge on any atom is 0.306 e. The van der Waals surface area contributed by atoms with Gasteiger partial charge < -0.3 is 10.4 Å². The summed E-state index contributed by atoms with van der Waals surface area (Å²) < 4.78 is 0. The number of aliphatic carboxylic acids is 1. The molecule has 2 aliphatic carbocycles. The monoisotopic (exact) mass is 267 g/mol. The molecule has 0 heterocycles. The van der Waals surface area contributed by atoms with E-state index in [-0.39, 0.29) is 17.9 Å². The first-order valence-electron chi connectivity index (χ1n) is 7.67. The highest BCUT2D eigenvalue weighted by Crippen LogP contribution is 2.29. The summed E-state index contributed by atoms with van der Waals surface area (Å²) in [5.41, 5.74) is 0. The maximum absolute atomic E-state index is 11.8. The van der Waals surface area contributed by atoms with E-state index in [4.69, 9.17) is 5.11 Å². The van der Waals surface area contributed by atoms with E-state index in [0.29, 0.717) is 19.3 Å². The molecule has 108 valence electrons. The summed E-state index contributed by atoms with van der Waals surface area (Å²) in [6.45, 7) is 0. The molecule has 19 heavy (non-hydrogen) atoms. The third-order valence-corrected chi connectivity index (χ3v) is 4.64. The van der Waals surface area contributed by atoms with E-state index in [2.05, 4.69) is 5.32 Å².